The first-order valence-corrected chi connectivity index (χ1v) is 19.3. The molecular formula is C39H29BGeN3OPt-3. The van der Waals surface area contributed by atoms with E-state index in [1.54, 1.807) is 6.20 Å². The third-order valence-electron chi connectivity index (χ3n) is 8.74. The van der Waals surface area contributed by atoms with Gasteiger partial charge in [0.15, 0.2) is 0 Å². The first kappa shape index (κ1) is 30.3. The van der Waals surface area contributed by atoms with Crippen LogP contribution in [0.1, 0.15) is 0 Å². The van der Waals surface area contributed by atoms with E-state index in [4.69, 9.17) is 4.74 Å². The van der Waals surface area contributed by atoms with Gasteiger partial charge in [0.25, 0.3) is 0 Å². The number of rotatable bonds is 6. The first-order chi connectivity index (χ1) is 22.2. The molecule has 46 heavy (non-hydrogen) atoms. The molecule has 0 atom stereocenters. The molecule has 0 fully saturated rings. The maximum absolute atomic E-state index is 6.19. The van der Waals surface area contributed by atoms with E-state index in [9.17, 15) is 0 Å². The van der Waals surface area contributed by atoms with Crippen LogP contribution < -0.4 is 43.6 Å². The molecule has 8 rings (SSSR count). The van der Waals surface area contributed by atoms with Gasteiger partial charge in [-0.15, -0.1) is 0 Å². The Morgan fingerprint density at radius 1 is 0.696 bits per heavy atom. The monoisotopic (exact) mass is 835 g/mol. The largest absolute Gasteiger partial charge is 0 e. The predicted octanol–water partition coefficient (Wildman–Crippen LogP) is 3.02. The molecule has 0 radical (unpaired) electrons. The Labute approximate surface area is 288 Å². The molecule has 2 aliphatic rings. The standard InChI is InChI=1S/C39H29BGeN3O.Pt/c1-43-25-26-44(29-43)33-22-23-38-36(28-33)40(30-13-12-18-34(27-30)45-39-21-10-11-24-42-39)35-19-8-9-20-37(35)41(38,31-14-4-2-5-15-31)32-16-6-3-7-17-32;/h2-26,29H,1H3;/q-3;. The molecule has 3 heterocycles. The van der Waals surface area contributed by atoms with Gasteiger partial charge >= 0.3 is 269 Å². The SMILES string of the molecule is CN1C=CN(c2[c-]c3[c](cc2)[Ge]([c]2ccccc2)([c]2ccccc2)[c]2ccccc2B3c2[c-]c(Oc3ccccn3)ccc2)[CH-]1.[Pt]. The zero-order chi connectivity index (χ0) is 30.2. The third kappa shape index (κ3) is 5.22. The predicted molar refractivity (Wildman–Crippen MR) is 187 cm³/mol. The Balaban J connectivity index is 0.00000338. The van der Waals surface area contributed by atoms with Crippen LogP contribution in [0.3, 0.4) is 0 Å². The number of nitrogens with zero attached hydrogens (tertiary/aromatic N) is 3. The Morgan fingerprint density at radius 3 is 2.11 bits per heavy atom. The second kappa shape index (κ2) is 12.8. The minimum absolute atomic E-state index is 0. The Hall–Kier alpha value is -4.31. The van der Waals surface area contributed by atoms with Gasteiger partial charge in [-0.3, -0.25) is 0 Å². The molecule has 0 spiro atoms. The van der Waals surface area contributed by atoms with Crippen molar-refractivity contribution < 1.29 is 25.8 Å². The first-order valence-electron chi connectivity index (χ1n) is 15.1. The quantitative estimate of drug-likeness (QED) is 0.191. The molecule has 6 aromatic rings. The summed E-state index contributed by atoms with van der Waals surface area (Å²) < 4.78 is 11.8. The molecule has 0 N–H and O–H groups in total. The van der Waals surface area contributed by atoms with Crippen molar-refractivity contribution in [3.05, 3.63) is 171 Å². The van der Waals surface area contributed by atoms with Crippen molar-refractivity contribution in [3.63, 3.8) is 0 Å². The number of hydrogen-bond donors (Lipinski definition) is 0. The maximum Gasteiger partial charge on any atom is 0 e. The van der Waals surface area contributed by atoms with E-state index in [0.29, 0.717) is 11.6 Å². The summed E-state index contributed by atoms with van der Waals surface area (Å²) in [5, 5.41) is 0. The van der Waals surface area contributed by atoms with Crippen LogP contribution in [0, 0.1) is 18.8 Å². The van der Waals surface area contributed by atoms with Crippen LogP contribution in [-0.4, -0.2) is 36.9 Å². The zero-order valence-electron chi connectivity index (χ0n) is 25.2. The summed E-state index contributed by atoms with van der Waals surface area (Å²) in [6, 6.07) is 55.5. The van der Waals surface area contributed by atoms with E-state index in [1.165, 1.54) is 28.5 Å². The maximum atomic E-state index is 6.19. The molecule has 4 nitrogen and oxygen atoms in total. The van der Waals surface area contributed by atoms with Gasteiger partial charge in [0.1, 0.15) is 0 Å². The van der Waals surface area contributed by atoms with Crippen molar-refractivity contribution in [3.8, 4) is 11.6 Å². The van der Waals surface area contributed by atoms with Crippen molar-refractivity contribution in [1.29, 1.82) is 0 Å². The second-order valence-corrected chi connectivity index (χ2v) is 19.2. The Kier molecular flexibility index (Phi) is 8.46. The molecule has 0 unspecified atom stereocenters. The van der Waals surface area contributed by atoms with E-state index < -0.39 is 13.3 Å². The van der Waals surface area contributed by atoms with Crippen molar-refractivity contribution >= 4 is 59.6 Å². The van der Waals surface area contributed by atoms with Gasteiger partial charge in [-0.25, -0.2) is 0 Å². The molecule has 5 aromatic carbocycles. The Bertz CT molecular complexity index is 1970. The summed E-state index contributed by atoms with van der Waals surface area (Å²) in [6.07, 6.45) is 5.88. The Morgan fingerprint density at radius 2 is 1.41 bits per heavy atom. The molecular weight excluding hydrogens is 805 g/mol. The van der Waals surface area contributed by atoms with Crippen LogP contribution in [0.25, 0.3) is 0 Å². The summed E-state index contributed by atoms with van der Waals surface area (Å²) in [6.45, 7) is 2.00. The molecule has 1 aromatic heterocycles. The zero-order valence-corrected chi connectivity index (χ0v) is 29.5. The van der Waals surface area contributed by atoms with Crippen LogP contribution in [-0.2, 0) is 21.1 Å². The molecule has 2 aliphatic heterocycles. The fourth-order valence-electron chi connectivity index (χ4n) is 6.89. The molecule has 0 amide bonds. The number of fused-ring (bicyclic) bond motifs is 2. The van der Waals surface area contributed by atoms with E-state index in [-0.39, 0.29) is 27.8 Å². The number of pyridine rings is 1. The van der Waals surface area contributed by atoms with Crippen molar-refractivity contribution in [2.24, 2.45) is 0 Å². The van der Waals surface area contributed by atoms with Gasteiger partial charge in [-0.2, -0.15) is 0 Å². The number of aromatic nitrogens is 1. The number of hydrogen-bond acceptors (Lipinski definition) is 4. The molecule has 0 aliphatic carbocycles. The van der Waals surface area contributed by atoms with E-state index in [1.807, 2.05) is 31.3 Å². The van der Waals surface area contributed by atoms with Gasteiger partial charge in [-0.05, 0) is 0 Å². The molecule has 0 saturated carbocycles. The van der Waals surface area contributed by atoms with Crippen LogP contribution in [0.2, 0.25) is 0 Å². The van der Waals surface area contributed by atoms with Crippen molar-refractivity contribution in [2.75, 3.05) is 11.9 Å². The minimum atomic E-state index is -3.51. The van der Waals surface area contributed by atoms with Crippen LogP contribution in [0.5, 0.6) is 11.6 Å². The van der Waals surface area contributed by atoms with Crippen molar-refractivity contribution in [2.45, 2.75) is 0 Å². The fraction of sp³-hybridized carbons (Fsp3) is 0.0256. The molecule has 7 heteroatoms. The van der Waals surface area contributed by atoms with E-state index >= 15 is 0 Å². The van der Waals surface area contributed by atoms with Gasteiger partial charge in [0, 0.05) is 21.1 Å². The van der Waals surface area contributed by atoms with Gasteiger partial charge < -0.3 is 0 Å². The number of ether oxygens (including phenoxy) is 1. The van der Waals surface area contributed by atoms with Crippen LogP contribution >= 0.6 is 0 Å². The summed E-state index contributed by atoms with van der Waals surface area (Å²) >= 11 is -3.51. The fourth-order valence-corrected chi connectivity index (χ4v) is 17.8. The van der Waals surface area contributed by atoms with Crippen molar-refractivity contribution in [1.82, 2.24) is 9.88 Å². The summed E-state index contributed by atoms with van der Waals surface area (Å²) in [4.78, 5) is 8.57. The summed E-state index contributed by atoms with van der Waals surface area (Å²) in [7, 11) is 2.04. The average molecular weight is 834 g/mol. The number of benzene rings is 5. The average Bonchev–Trinajstić information content (AvgIpc) is 3.54. The van der Waals surface area contributed by atoms with E-state index in [0.717, 1.165) is 11.2 Å². The summed E-state index contributed by atoms with van der Waals surface area (Å²) in [5.74, 6) is 1.19. The normalized spacial score (nSPS) is 14.3. The smallest absolute Gasteiger partial charge is 0 e. The molecule has 0 saturated heterocycles. The second-order valence-electron chi connectivity index (χ2n) is 11.4. The summed E-state index contributed by atoms with van der Waals surface area (Å²) in [5.41, 5.74) is 4.55. The molecule has 0 bridgehead atoms. The van der Waals surface area contributed by atoms with Crippen LogP contribution in [0.15, 0.2) is 152 Å². The van der Waals surface area contributed by atoms with E-state index in [2.05, 4.69) is 155 Å². The van der Waals surface area contributed by atoms with Gasteiger partial charge in [-0.1, -0.05) is 0 Å². The van der Waals surface area contributed by atoms with Crippen LogP contribution in [0.4, 0.5) is 5.69 Å². The third-order valence-corrected chi connectivity index (χ3v) is 19.0. The van der Waals surface area contributed by atoms with Gasteiger partial charge in [0.2, 0.25) is 0 Å². The molecule has 226 valence electrons. The number of anilines is 1. The topological polar surface area (TPSA) is 28.6 Å². The minimum Gasteiger partial charge on any atom is 0 e. The van der Waals surface area contributed by atoms with Gasteiger partial charge in [0.05, 0.1) is 0 Å².